The van der Waals surface area contributed by atoms with E-state index >= 15 is 0 Å². The van der Waals surface area contributed by atoms with Gasteiger partial charge in [0.2, 0.25) is 0 Å². The Hall–Kier alpha value is -2.04. The van der Waals surface area contributed by atoms with Crippen LogP contribution in [0.2, 0.25) is 0 Å². The van der Waals surface area contributed by atoms with Crippen molar-refractivity contribution in [2.75, 3.05) is 13.2 Å². The predicted molar refractivity (Wildman–Crippen MR) is 86.9 cm³/mol. The molecule has 0 saturated heterocycles. The molecule has 0 aliphatic rings. The van der Waals surface area contributed by atoms with Crippen molar-refractivity contribution < 1.29 is 14.3 Å². The van der Waals surface area contributed by atoms with Crippen molar-refractivity contribution in [3.63, 3.8) is 0 Å². The lowest BCUT2D eigenvalue weighted by atomic mass is 10.0. The van der Waals surface area contributed by atoms with Gasteiger partial charge in [-0.2, -0.15) is 0 Å². The molecule has 1 rings (SSSR count). The van der Waals surface area contributed by atoms with E-state index in [9.17, 15) is 9.59 Å². The van der Waals surface area contributed by atoms with E-state index in [1.165, 1.54) is 0 Å². The van der Waals surface area contributed by atoms with E-state index in [0.29, 0.717) is 24.6 Å². The molecule has 1 atom stereocenters. The Bertz CT molecular complexity index is 500. The standard InChI is InChI=1S/C17H26N2O3/c1-5-22-17(21)19-15(9-12(2)3)11-18-16(20)14-8-6-7-13(4)10-14/h6-8,10,12,15H,5,9,11H2,1-4H3,(H,18,20)(H,19,21). The van der Waals surface area contributed by atoms with Gasteiger partial charge in [-0.25, -0.2) is 4.79 Å². The quantitative estimate of drug-likeness (QED) is 0.814. The van der Waals surface area contributed by atoms with Gasteiger partial charge in [0.05, 0.1) is 6.61 Å². The molecule has 22 heavy (non-hydrogen) atoms. The van der Waals surface area contributed by atoms with Gasteiger partial charge in [0.25, 0.3) is 5.91 Å². The van der Waals surface area contributed by atoms with E-state index in [0.717, 1.165) is 12.0 Å². The zero-order valence-corrected chi connectivity index (χ0v) is 13.8. The van der Waals surface area contributed by atoms with Crippen LogP contribution < -0.4 is 10.6 Å². The highest BCUT2D eigenvalue weighted by Crippen LogP contribution is 2.06. The summed E-state index contributed by atoms with van der Waals surface area (Å²) in [4.78, 5) is 23.7. The molecule has 0 aliphatic heterocycles. The average molecular weight is 306 g/mol. The van der Waals surface area contributed by atoms with Crippen LogP contribution in [0.15, 0.2) is 24.3 Å². The molecule has 0 heterocycles. The number of carbonyl (C=O) groups is 2. The smallest absolute Gasteiger partial charge is 0.407 e. The summed E-state index contributed by atoms with van der Waals surface area (Å²) in [5, 5.41) is 5.66. The van der Waals surface area contributed by atoms with Crippen molar-refractivity contribution >= 4 is 12.0 Å². The molecule has 0 radical (unpaired) electrons. The summed E-state index contributed by atoms with van der Waals surface area (Å²) in [6.07, 6.45) is 0.324. The number of carbonyl (C=O) groups excluding carboxylic acids is 2. The molecule has 2 N–H and O–H groups in total. The molecule has 0 saturated carbocycles. The number of hydrogen-bond donors (Lipinski definition) is 2. The second kappa shape index (κ2) is 9.07. The first-order valence-corrected chi connectivity index (χ1v) is 7.70. The summed E-state index contributed by atoms with van der Waals surface area (Å²) in [6, 6.07) is 7.27. The highest BCUT2D eigenvalue weighted by atomic mass is 16.5. The lowest BCUT2D eigenvalue weighted by molar-refractivity contribution is 0.0944. The van der Waals surface area contributed by atoms with Gasteiger partial charge in [-0.05, 0) is 38.3 Å². The highest BCUT2D eigenvalue weighted by Gasteiger charge is 2.16. The monoisotopic (exact) mass is 306 g/mol. The van der Waals surface area contributed by atoms with Crippen LogP contribution in [0.5, 0.6) is 0 Å². The van der Waals surface area contributed by atoms with Crippen molar-refractivity contribution in [3.8, 4) is 0 Å². The number of aryl methyl sites for hydroxylation is 1. The zero-order chi connectivity index (χ0) is 16.5. The lowest BCUT2D eigenvalue weighted by Crippen LogP contribution is -2.44. The van der Waals surface area contributed by atoms with Crippen LogP contribution in [0.3, 0.4) is 0 Å². The fourth-order valence-electron chi connectivity index (χ4n) is 2.21. The maximum atomic E-state index is 12.1. The van der Waals surface area contributed by atoms with Crippen LogP contribution in [-0.2, 0) is 4.74 Å². The van der Waals surface area contributed by atoms with Crippen molar-refractivity contribution in [2.45, 2.75) is 40.2 Å². The number of nitrogens with one attached hydrogen (secondary N) is 2. The molecular weight excluding hydrogens is 280 g/mol. The minimum Gasteiger partial charge on any atom is -0.450 e. The second-order valence-electron chi connectivity index (χ2n) is 5.77. The van der Waals surface area contributed by atoms with E-state index in [-0.39, 0.29) is 11.9 Å². The number of benzene rings is 1. The molecular formula is C17H26N2O3. The number of hydrogen-bond acceptors (Lipinski definition) is 3. The first-order valence-electron chi connectivity index (χ1n) is 7.70. The summed E-state index contributed by atoms with van der Waals surface area (Å²) in [5.41, 5.74) is 1.66. The maximum Gasteiger partial charge on any atom is 0.407 e. The summed E-state index contributed by atoms with van der Waals surface area (Å²) < 4.78 is 4.90. The Morgan fingerprint density at radius 3 is 2.59 bits per heavy atom. The molecule has 5 heteroatoms. The highest BCUT2D eigenvalue weighted by molar-refractivity contribution is 5.94. The molecule has 1 aromatic carbocycles. The second-order valence-corrected chi connectivity index (χ2v) is 5.77. The van der Waals surface area contributed by atoms with Gasteiger partial charge in [-0.15, -0.1) is 0 Å². The van der Waals surface area contributed by atoms with E-state index in [1.54, 1.807) is 13.0 Å². The molecule has 1 unspecified atom stereocenters. The Balaban J connectivity index is 2.58. The van der Waals surface area contributed by atoms with Crippen molar-refractivity contribution in [2.24, 2.45) is 5.92 Å². The van der Waals surface area contributed by atoms with Crippen LogP contribution in [0.4, 0.5) is 4.79 Å². The third kappa shape index (κ3) is 6.61. The third-order valence-corrected chi connectivity index (χ3v) is 3.14. The molecule has 0 fully saturated rings. The number of amides is 2. The van der Waals surface area contributed by atoms with Gasteiger partial charge in [-0.3, -0.25) is 4.79 Å². The van der Waals surface area contributed by atoms with Crippen LogP contribution in [0.1, 0.15) is 43.1 Å². The van der Waals surface area contributed by atoms with E-state index < -0.39 is 6.09 Å². The van der Waals surface area contributed by atoms with Crippen molar-refractivity contribution in [3.05, 3.63) is 35.4 Å². The average Bonchev–Trinajstić information content (AvgIpc) is 2.44. The molecule has 0 bridgehead atoms. The lowest BCUT2D eigenvalue weighted by Gasteiger charge is -2.20. The summed E-state index contributed by atoms with van der Waals surface area (Å²) in [5.74, 6) is 0.269. The molecule has 122 valence electrons. The normalized spacial score (nSPS) is 11.9. The number of alkyl carbamates (subject to hydrolysis) is 1. The first-order chi connectivity index (χ1) is 10.4. The molecule has 1 aromatic rings. The van der Waals surface area contributed by atoms with Gasteiger partial charge >= 0.3 is 6.09 Å². The van der Waals surface area contributed by atoms with E-state index in [1.807, 2.05) is 25.1 Å². The van der Waals surface area contributed by atoms with Gasteiger partial charge in [0.15, 0.2) is 0 Å². The van der Waals surface area contributed by atoms with E-state index in [4.69, 9.17) is 4.74 Å². The number of rotatable bonds is 7. The van der Waals surface area contributed by atoms with Gasteiger partial charge < -0.3 is 15.4 Å². The first kappa shape index (κ1) is 18.0. The predicted octanol–water partition coefficient (Wildman–Crippen LogP) is 2.89. The molecule has 0 spiro atoms. The van der Waals surface area contributed by atoms with Gasteiger partial charge in [-0.1, -0.05) is 31.5 Å². The summed E-state index contributed by atoms with van der Waals surface area (Å²) >= 11 is 0. The van der Waals surface area contributed by atoms with Gasteiger partial charge in [0, 0.05) is 18.2 Å². The maximum absolute atomic E-state index is 12.1. The van der Waals surface area contributed by atoms with Crippen molar-refractivity contribution in [1.82, 2.24) is 10.6 Å². The summed E-state index contributed by atoms with van der Waals surface area (Å²) in [7, 11) is 0. The minimum atomic E-state index is -0.446. The fraction of sp³-hybridized carbons (Fsp3) is 0.529. The number of ether oxygens (including phenoxy) is 1. The summed E-state index contributed by atoms with van der Waals surface area (Å²) in [6.45, 7) is 8.56. The van der Waals surface area contributed by atoms with Crippen LogP contribution in [0, 0.1) is 12.8 Å². The third-order valence-electron chi connectivity index (χ3n) is 3.14. The zero-order valence-electron chi connectivity index (χ0n) is 13.8. The Labute approximate surface area is 132 Å². The van der Waals surface area contributed by atoms with Crippen LogP contribution >= 0.6 is 0 Å². The topological polar surface area (TPSA) is 67.4 Å². The fourth-order valence-corrected chi connectivity index (χ4v) is 2.21. The molecule has 5 nitrogen and oxygen atoms in total. The Morgan fingerprint density at radius 2 is 2.00 bits per heavy atom. The largest absolute Gasteiger partial charge is 0.450 e. The van der Waals surface area contributed by atoms with Crippen molar-refractivity contribution in [1.29, 1.82) is 0 Å². The molecule has 0 aliphatic carbocycles. The van der Waals surface area contributed by atoms with E-state index in [2.05, 4.69) is 24.5 Å². The molecule has 0 aromatic heterocycles. The molecule has 2 amide bonds. The minimum absolute atomic E-state index is 0.136. The van der Waals surface area contributed by atoms with Crippen LogP contribution in [0.25, 0.3) is 0 Å². The van der Waals surface area contributed by atoms with Gasteiger partial charge in [0.1, 0.15) is 0 Å². The van der Waals surface area contributed by atoms with Crippen LogP contribution in [-0.4, -0.2) is 31.2 Å². The SMILES string of the molecule is CCOC(=O)NC(CNC(=O)c1cccc(C)c1)CC(C)C. The Kier molecular flexibility index (Phi) is 7.43. The Morgan fingerprint density at radius 1 is 1.27 bits per heavy atom.